The lowest BCUT2D eigenvalue weighted by Crippen LogP contribution is -2.34. The molecule has 1 aliphatic carbocycles. The number of carboxylic acid groups (broad SMARTS) is 1. The van der Waals surface area contributed by atoms with E-state index < -0.39 is 23.6 Å². The molecular formula is C14H14FNO4. The summed E-state index contributed by atoms with van der Waals surface area (Å²) < 4.78 is 18.9. The number of hydrogen-bond donors (Lipinski definition) is 2. The maximum atomic E-state index is 13.6. The van der Waals surface area contributed by atoms with Crippen LogP contribution in [0.5, 0.6) is 5.75 Å². The van der Waals surface area contributed by atoms with E-state index in [0.717, 1.165) is 0 Å². The fourth-order valence-electron chi connectivity index (χ4n) is 2.57. The molecule has 1 amide bonds. The summed E-state index contributed by atoms with van der Waals surface area (Å²) >= 11 is 0. The molecule has 1 aromatic rings. The van der Waals surface area contributed by atoms with E-state index in [9.17, 15) is 14.0 Å². The Morgan fingerprint density at radius 1 is 1.35 bits per heavy atom. The average Bonchev–Trinajstić information content (AvgIpc) is 3.20. The Morgan fingerprint density at radius 3 is 2.85 bits per heavy atom. The Morgan fingerprint density at radius 2 is 2.15 bits per heavy atom. The molecule has 1 aromatic carbocycles. The maximum Gasteiger partial charge on any atom is 0.307 e. The van der Waals surface area contributed by atoms with Crippen LogP contribution in [0.25, 0.3) is 0 Å². The number of amides is 1. The van der Waals surface area contributed by atoms with Crippen LogP contribution in [0.15, 0.2) is 18.2 Å². The van der Waals surface area contributed by atoms with Crippen LogP contribution < -0.4 is 10.1 Å². The van der Waals surface area contributed by atoms with E-state index in [4.69, 9.17) is 9.84 Å². The zero-order chi connectivity index (χ0) is 14.3. The fourth-order valence-corrected chi connectivity index (χ4v) is 2.57. The van der Waals surface area contributed by atoms with Crippen LogP contribution in [-0.2, 0) is 9.59 Å². The number of halogens is 1. The molecule has 3 rings (SSSR count). The van der Waals surface area contributed by atoms with Crippen LogP contribution >= 0.6 is 0 Å². The number of aliphatic carboxylic acids is 1. The molecule has 0 radical (unpaired) electrons. The topological polar surface area (TPSA) is 75.6 Å². The van der Waals surface area contributed by atoms with Gasteiger partial charge in [0, 0.05) is 12.0 Å². The van der Waals surface area contributed by atoms with Gasteiger partial charge in [-0.05, 0) is 12.5 Å². The van der Waals surface area contributed by atoms with Crippen molar-refractivity contribution in [2.75, 3.05) is 6.61 Å². The van der Waals surface area contributed by atoms with Crippen molar-refractivity contribution < 1.29 is 23.8 Å². The van der Waals surface area contributed by atoms with Crippen molar-refractivity contribution in [1.29, 1.82) is 0 Å². The first-order valence-electron chi connectivity index (χ1n) is 6.52. The lowest BCUT2D eigenvalue weighted by Gasteiger charge is -2.27. The van der Waals surface area contributed by atoms with Gasteiger partial charge >= 0.3 is 5.97 Å². The standard InChI is InChI=1S/C14H14FNO4/c15-10-3-1-2-7-11(4-5-20-12(7)10)16-13(17)8-6-9(8)14(18)19/h1-3,8-9,11H,4-6H2,(H,16,17)(H,18,19)/t8?,9?,11-/m0/s1. The minimum Gasteiger partial charge on any atom is -0.490 e. The van der Waals surface area contributed by atoms with Gasteiger partial charge in [-0.15, -0.1) is 0 Å². The number of benzene rings is 1. The summed E-state index contributed by atoms with van der Waals surface area (Å²) in [7, 11) is 0. The highest BCUT2D eigenvalue weighted by atomic mass is 19.1. The van der Waals surface area contributed by atoms with Crippen molar-refractivity contribution in [3.05, 3.63) is 29.6 Å². The molecule has 0 aromatic heterocycles. The first kappa shape index (κ1) is 12.9. The van der Waals surface area contributed by atoms with E-state index in [1.165, 1.54) is 6.07 Å². The van der Waals surface area contributed by atoms with Crippen LogP contribution in [0.3, 0.4) is 0 Å². The Bertz CT molecular complexity index is 574. The van der Waals surface area contributed by atoms with E-state index in [1.54, 1.807) is 12.1 Å². The second-order valence-electron chi connectivity index (χ2n) is 5.14. The highest BCUT2D eigenvalue weighted by Gasteiger charge is 2.48. The molecule has 106 valence electrons. The Kier molecular flexibility index (Phi) is 3.08. The number of nitrogens with one attached hydrogen (secondary N) is 1. The fraction of sp³-hybridized carbons (Fsp3) is 0.429. The monoisotopic (exact) mass is 279 g/mol. The summed E-state index contributed by atoms with van der Waals surface area (Å²) in [6.45, 7) is 0.325. The number of carbonyl (C=O) groups is 2. The normalized spacial score (nSPS) is 27.1. The molecule has 0 spiro atoms. The summed E-state index contributed by atoms with van der Waals surface area (Å²) in [6.07, 6.45) is 0.924. The highest BCUT2D eigenvalue weighted by molar-refractivity contribution is 5.89. The lowest BCUT2D eigenvalue weighted by molar-refractivity contribution is -0.140. The quantitative estimate of drug-likeness (QED) is 0.879. The molecule has 20 heavy (non-hydrogen) atoms. The number of fused-ring (bicyclic) bond motifs is 1. The van der Waals surface area contributed by atoms with Crippen molar-refractivity contribution >= 4 is 11.9 Å². The molecule has 2 unspecified atom stereocenters. The average molecular weight is 279 g/mol. The third-order valence-corrected chi connectivity index (χ3v) is 3.79. The lowest BCUT2D eigenvalue weighted by atomic mass is 10.00. The van der Waals surface area contributed by atoms with Gasteiger partial charge in [0.1, 0.15) is 0 Å². The van der Waals surface area contributed by atoms with Gasteiger partial charge in [-0.2, -0.15) is 0 Å². The van der Waals surface area contributed by atoms with E-state index in [2.05, 4.69) is 5.32 Å². The number of hydrogen-bond acceptors (Lipinski definition) is 3. The van der Waals surface area contributed by atoms with Gasteiger partial charge in [0.05, 0.1) is 24.5 Å². The minimum absolute atomic E-state index is 0.176. The third-order valence-electron chi connectivity index (χ3n) is 3.79. The molecule has 1 fully saturated rings. The molecule has 6 heteroatoms. The largest absolute Gasteiger partial charge is 0.490 e. The molecule has 5 nitrogen and oxygen atoms in total. The smallest absolute Gasteiger partial charge is 0.307 e. The minimum atomic E-state index is -0.941. The van der Waals surface area contributed by atoms with Gasteiger partial charge in [-0.1, -0.05) is 12.1 Å². The molecule has 3 atom stereocenters. The molecule has 1 saturated carbocycles. The molecule has 2 aliphatic rings. The van der Waals surface area contributed by atoms with Crippen molar-refractivity contribution in [3.63, 3.8) is 0 Å². The van der Waals surface area contributed by atoms with Crippen LogP contribution in [0, 0.1) is 17.7 Å². The number of rotatable bonds is 3. The van der Waals surface area contributed by atoms with Gasteiger partial charge < -0.3 is 15.2 Å². The summed E-state index contributed by atoms with van der Waals surface area (Å²) in [5.74, 6) is -2.54. The van der Waals surface area contributed by atoms with Crippen molar-refractivity contribution in [1.82, 2.24) is 5.32 Å². The van der Waals surface area contributed by atoms with Gasteiger partial charge in [0.25, 0.3) is 0 Å². The number of carboxylic acids is 1. The number of carbonyl (C=O) groups excluding carboxylic acids is 1. The third kappa shape index (κ3) is 2.21. The Labute approximate surface area is 114 Å². The summed E-state index contributed by atoms with van der Waals surface area (Å²) in [5, 5.41) is 11.6. The molecule has 0 saturated heterocycles. The van der Waals surface area contributed by atoms with Crippen molar-refractivity contribution in [2.45, 2.75) is 18.9 Å². The Balaban J connectivity index is 1.73. The first-order valence-corrected chi connectivity index (χ1v) is 6.52. The second-order valence-corrected chi connectivity index (χ2v) is 5.14. The van der Waals surface area contributed by atoms with Crippen LogP contribution in [0.1, 0.15) is 24.4 Å². The maximum absolute atomic E-state index is 13.6. The second kappa shape index (κ2) is 4.77. The van der Waals surface area contributed by atoms with Crippen LogP contribution in [0.2, 0.25) is 0 Å². The van der Waals surface area contributed by atoms with Crippen LogP contribution in [0.4, 0.5) is 4.39 Å². The number of para-hydroxylation sites is 1. The molecular weight excluding hydrogens is 265 g/mol. The summed E-state index contributed by atoms with van der Waals surface area (Å²) in [5.41, 5.74) is 0.608. The van der Waals surface area contributed by atoms with Gasteiger partial charge in [-0.3, -0.25) is 9.59 Å². The van der Waals surface area contributed by atoms with E-state index in [-0.39, 0.29) is 17.7 Å². The van der Waals surface area contributed by atoms with Crippen LogP contribution in [-0.4, -0.2) is 23.6 Å². The zero-order valence-corrected chi connectivity index (χ0v) is 10.6. The van der Waals surface area contributed by atoms with E-state index in [0.29, 0.717) is 25.0 Å². The molecule has 1 aliphatic heterocycles. The van der Waals surface area contributed by atoms with Gasteiger partial charge in [0.2, 0.25) is 5.91 Å². The molecule has 2 N–H and O–H groups in total. The van der Waals surface area contributed by atoms with Gasteiger partial charge in [-0.25, -0.2) is 4.39 Å². The zero-order valence-electron chi connectivity index (χ0n) is 10.6. The first-order chi connectivity index (χ1) is 9.58. The van der Waals surface area contributed by atoms with E-state index in [1.807, 2.05) is 0 Å². The molecule has 0 bridgehead atoms. The summed E-state index contributed by atoms with van der Waals surface area (Å²) in [6, 6.07) is 4.27. The predicted molar refractivity (Wildman–Crippen MR) is 66.6 cm³/mol. The highest BCUT2D eigenvalue weighted by Crippen LogP contribution is 2.40. The van der Waals surface area contributed by atoms with Crippen molar-refractivity contribution in [3.8, 4) is 5.75 Å². The Hall–Kier alpha value is -2.11. The van der Waals surface area contributed by atoms with E-state index >= 15 is 0 Å². The summed E-state index contributed by atoms with van der Waals surface area (Å²) in [4.78, 5) is 22.7. The number of ether oxygens (including phenoxy) is 1. The predicted octanol–water partition coefficient (Wildman–Crippen LogP) is 1.49. The SMILES string of the molecule is O=C(O)C1CC1C(=O)N[C@H]1CCOc2c(F)cccc21. The molecule has 1 heterocycles. The van der Waals surface area contributed by atoms with Gasteiger partial charge in [0.15, 0.2) is 11.6 Å². The van der Waals surface area contributed by atoms with Crippen molar-refractivity contribution in [2.24, 2.45) is 11.8 Å².